The molecule has 1 rings (SSSR count). The normalized spacial score (nSPS) is 9.79. The van der Waals surface area contributed by atoms with Gasteiger partial charge in [0.15, 0.2) is 5.96 Å². The highest BCUT2D eigenvalue weighted by molar-refractivity contribution is 5.74. The molecule has 4 N–H and O–H groups in total. The smallest absolute Gasteiger partial charge is 0.185 e. The van der Waals surface area contributed by atoms with E-state index in [1.165, 1.54) is 11.1 Å². The highest BCUT2D eigenvalue weighted by Gasteiger charge is 1.93. The lowest BCUT2D eigenvalue weighted by Gasteiger charge is -2.03. The van der Waals surface area contributed by atoms with Crippen LogP contribution >= 0.6 is 0 Å². The molecular weight excluding hydrogens is 174 g/mol. The lowest BCUT2D eigenvalue weighted by Crippen LogP contribution is -2.30. The number of hydrogen-bond acceptors (Lipinski definition) is 1. The molecule has 0 fully saturated rings. The van der Waals surface area contributed by atoms with Crippen LogP contribution in [0.1, 0.15) is 17.5 Å². The van der Waals surface area contributed by atoms with Gasteiger partial charge in [-0.05, 0) is 25.3 Å². The summed E-state index contributed by atoms with van der Waals surface area (Å²) < 4.78 is 0. The summed E-state index contributed by atoms with van der Waals surface area (Å²) in [5, 5.41) is 9.72. The van der Waals surface area contributed by atoms with Gasteiger partial charge in [0.2, 0.25) is 0 Å². The van der Waals surface area contributed by atoms with Crippen molar-refractivity contribution in [3.8, 4) is 0 Å². The Morgan fingerprint density at radius 3 is 2.64 bits per heavy atom. The minimum atomic E-state index is 0.0299. The Balaban J connectivity index is 2.25. The van der Waals surface area contributed by atoms with Gasteiger partial charge in [-0.1, -0.05) is 29.8 Å². The molecular formula is C11H16N3. The van der Waals surface area contributed by atoms with E-state index in [0.717, 1.165) is 6.42 Å². The molecule has 1 aromatic rings. The van der Waals surface area contributed by atoms with Crippen molar-refractivity contribution >= 4 is 5.96 Å². The maximum atomic E-state index is 6.96. The molecule has 1 radical (unpaired) electrons. The van der Waals surface area contributed by atoms with E-state index in [-0.39, 0.29) is 5.96 Å². The van der Waals surface area contributed by atoms with E-state index in [2.05, 4.69) is 42.9 Å². The zero-order valence-electron chi connectivity index (χ0n) is 8.38. The Bertz CT molecular complexity index is 290. The monoisotopic (exact) mass is 190 g/mol. The molecule has 0 aliphatic heterocycles. The zero-order chi connectivity index (χ0) is 10.4. The number of rotatable bonds is 4. The molecule has 0 saturated heterocycles. The summed E-state index contributed by atoms with van der Waals surface area (Å²) >= 11 is 0. The van der Waals surface area contributed by atoms with Crippen LogP contribution in [0.5, 0.6) is 0 Å². The van der Waals surface area contributed by atoms with E-state index in [1.807, 2.05) is 0 Å². The molecule has 3 heteroatoms. The van der Waals surface area contributed by atoms with E-state index < -0.39 is 0 Å². The summed E-state index contributed by atoms with van der Waals surface area (Å²) in [6.45, 7) is 2.78. The van der Waals surface area contributed by atoms with E-state index in [4.69, 9.17) is 11.1 Å². The lowest BCUT2D eigenvalue weighted by molar-refractivity contribution is 0.849. The Morgan fingerprint density at radius 1 is 1.43 bits per heavy atom. The molecule has 0 saturated carbocycles. The molecule has 0 aliphatic rings. The van der Waals surface area contributed by atoms with Gasteiger partial charge in [0.1, 0.15) is 0 Å². The molecule has 0 spiro atoms. The first-order valence-corrected chi connectivity index (χ1v) is 4.66. The summed E-state index contributed by atoms with van der Waals surface area (Å²) in [7, 11) is 0. The van der Waals surface area contributed by atoms with Crippen molar-refractivity contribution in [2.24, 2.45) is 5.73 Å². The molecule has 0 heterocycles. The third kappa shape index (κ3) is 3.94. The van der Waals surface area contributed by atoms with Gasteiger partial charge in [0.25, 0.3) is 0 Å². The fraction of sp³-hybridized carbons (Fsp3) is 0.273. The SMILES string of the molecule is Cc1ccc([CH]CCNC(=N)N)cc1. The average molecular weight is 190 g/mol. The first-order chi connectivity index (χ1) is 6.68. The molecule has 75 valence electrons. The molecule has 0 aliphatic carbocycles. The summed E-state index contributed by atoms with van der Waals surface area (Å²) in [5.74, 6) is 0.0299. The van der Waals surface area contributed by atoms with Gasteiger partial charge in [0.05, 0.1) is 0 Å². The molecule has 3 nitrogen and oxygen atoms in total. The predicted octanol–water partition coefficient (Wildman–Crippen LogP) is 1.42. The van der Waals surface area contributed by atoms with Gasteiger partial charge in [-0.2, -0.15) is 0 Å². The molecule has 0 unspecified atom stereocenters. The fourth-order valence-electron chi connectivity index (χ4n) is 1.15. The van der Waals surface area contributed by atoms with Gasteiger partial charge < -0.3 is 11.1 Å². The Hall–Kier alpha value is -1.51. The van der Waals surface area contributed by atoms with Crippen molar-refractivity contribution in [2.45, 2.75) is 13.3 Å². The van der Waals surface area contributed by atoms with Gasteiger partial charge in [0, 0.05) is 6.54 Å². The van der Waals surface area contributed by atoms with Crippen LogP contribution in [-0.2, 0) is 0 Å². The van der Waals surface area contributed by atoms with Crippen molar-refractivity contribution in [2.75, 3.05) is 6.54 Å². The number of nitrogens with one attached hydrogen (secondary N) is 2. The van der Waals surface area contributed by atoms with Crippen LogP contribution < -0.4 is 11.1 Å². The summed E-state index contributed by atoms with van der Waals surface area (Å²) in [4.78, 5) is 0. The average Bonchev–Trinajstić information content (AvgIpc) is 2.15. The number of guanidine groups is 1. The van der Waals surface area contributed by atoms with Crippen LogP contribution in [0.3, 0.4) is 0 Å². The Labute approximate surface area is 84.8 Å². The number of nitrogens with two attached hydrogens (primary N) is 1. The first-order valence-electron chi connectivity index (χ1n) is 4.66. The van der Waals surface area contributed by atoms with Crippen molar-refractivity contribution < 1.29 is 0 Å². The third-order valence-corrected chi connectivity index (χ3v) is 1.92. The highest BCUT2D eigenvalue weighted by atomic mass is 15.0. The van der Waals surface area contributed by atoms with Crippen LogP contribution in [0, 0.1) is 18.8 Å². The highest BCUT2D eigenvalue weighted by Crippen LogP contribution is 2.06. The number of benzene rings is 1. The van der Waals surface area contributed by atoms with Crippen molar-refractivity contribution in [1.82, 2.24) is 5.32 Å². The van der Waals surface area contributed by atoms with Gasteiger partial charge in [-0.3, -0.25) is 5.41 Å². The zero-order valence-corrected chi connectivity index (χ0v) is 8.38. The van der Waals surface area contributed by atoms with Gasteiger partial charge >= 0.3 is 0 Å². The molecule has 0 atom stereocenters. The van der Waals surface area contributed by atoms with Crippen LogP contribution in [0.25, 0.3) is 0 Å². The molecule has 0 aromatic heterocycles. The van der Waals surface area contributed by atoms with Gasteiger partial charge in [-0.15, -0.1) is 0 Å². The van der Waals surface area contributed by atoms with E-state index >= 15 is 0 Å². The van der Waals surface area contributed by atoms with E-state index in [1.54, 1.807) is 0 Å². The molecule has 0 amide bonds. The summed E-state index contributed by atoms with van der Waals surface area (Å²) in [6, 6.07) is 8.35. The maximum absolute atomic E-state index is 6.96. The lowest BCUT2D eigenvalue weighted by atomic mass is 10.1. The molecule has 1 aromatic carbocycles. The minimum absolute atomic E-state index is 0.0299. The van der Waals surface area contributed by atoms with Gasteiger partial charge in [-0.25, -0.2) is 0 Å². The third-order valence-electron chi connectivity index (χ3n) is 1.92. The summed E-state index contributed by atoms with van der Waals surface area (Å²) in [5.41, 5.74) is 7.63. The van der Waals surface area contributed by atoms with Crippen molar-refractivity contribution in [3.05, 3.63) is 41.8 Å². The Morgan fingerprint density at radius 2 is 2.07 bits per heavy atom. The van der Waals surface area contributed by atoms with Crippen LogP contribution in [0.15, 0.2) is 24.3 Å². The van der Waals surface area contributed by atoms with Crippen molar-refractivity contribution in [3.63, 3.8) is 0 Å². The van der Waals surface area contributed by atoms with Crippen LogP contribution in [0.2, 0.25) is 0 Å². The maximum Gasteiger partial charge on any atom is 0.185 e. The molecule has 14 heavy (non-hydrogen) atoms. The molecule has 0 bridgehead atoms. The quantitative estimate of drug-likeness (QED) is 0.382. The Kier molecular flexibility index (Phi) is 3.98. The largest absolute Gasteiger partial charge is 0.370 e. The van der Waals surface area contributed by atoms with E-state index in [0.29, 0.717) is 6.54 Å². The topological polar surface area (TPSA) is 61.9 Å². The number of aryl methyl sites for hydroxylation is 1. The van der Waals surface area contributed by atoms with Crippen molar-refractivity contribution in [1.29, 1.82) is 5.41 Å². The van der Waals surface area contributed by atoms with Crippen LogP contribution in [-0.4, -0.2) is 12.5 Å². The van der Waals surface area contributed by atoms with E-state index in [9.17, 15) is 0 Å². The minimum Gasteiger partial charge on any atom is -0.370 e. The number of hydrogen-bond donors (Lipinski definition) is 3. The standard InChI is InChI=1S/C11H16N3/c1-9-4-6-10(7-5-9)3-2-8-14-11(12)13/h3-7H,2,8H2,1H3,(H4,12,13,14). The van der Waals surface area contributed by atoms with Crippen LogP contribution in [0.4, 0.5) is 0 Å². The fourth-order valence-corrected chi connectivity index (χ4v) is 1.15. The second-order valence-electron chi connectivity index (χ2n) is 3.24. The second-order valence-corrected chi connectivity index (χ2v) is 3.24. The first kappa shape index (κ1) is 10.6. The summed E-state index contributed by atoms with van der Waals surface area (Å²) in [6.07, 6.45) is 3.00. The second kappa shape index (κ2) is 5.27. The predicted molar refractivity (Wildman–Crippen MR) is 59.1 cm³/mol.